The Bertz CT molecular complexity index is 429. The zero-order valence-electron chi connectivity index (χ0n) is 13.7. The average Bonchev–Trinajstić information content (AvgIpc) is 2.41. The average molecular weight is 274 g/mol. The van der Waals surface area contributed by atoms with Gasteiger partial charge in [0.15, 0.2) is 0 Å². The second kappa shape index (κ2) is 6.62. The monoisotopic (exact) mass is 274 g/mol. The lowest BCUT2D eigenvalue weighted by Crippen LogP contribution is -2.47. The molecule has 0 heterocycles. The fourth-order valence-corrected chi connectivity index (χ4v) is 3.84. The third kappa shape index (κ3) is 3.54. The molecule has 2 nitrogen and oxygen atoms in total. The summed E-state index contributed by atoms with van der Waals surface area (Å²) in [7, 11) is 4.35. The highest BCUT2D eigenvalue weighted by atomic mass is 15.1. The molecule has 0 saturated heterocycles. The molecule has 1 saturated carbocycles. The van der Waals surface area contributed by atoms with Gasteiger partial charge in [0, 0.05) is 25.3 Å². The number of anilines is 1. The van der Waals surface area contributed by atoms with Crippen molar-refractivity contribution in [1.82, 2.24) is 5.32 Å². The molecule has 2 heteroatoms. The van der Waals surface area contributed by atoms with Crippen LogP contribution < -0.4 is 10.2 Å². The minimum atomic E-state index is 0.654. The molecule has 20 heavy (non-hydrogen) atoms. The lowest BCUT2D eigenvalue weighted by Gasteiger charge is -2.41. The highest BCUT2D eigenvalue weighted by molar-refractivity contribution is 5.47. The first-order valence-corrected chi connectivity index (χ1v) is 7.96. The van der Waals surface area contributed by atoms with Crippen molar-refractivity contribution in [3.8, 4) is 0 Å². The van der Waals surface area contributed by atoms with Gasteiger partial charge in [-0.3, -0.25) is 0 Å². The van der Waals surface area contributed by atoms with Crippen LogP contribution in [0.1, 0.15) is 32.3 Å². The van der Waals surface area contributed by atoms with Gasteiger partial charge in [-0.1, -0.05) is 26.0 Å². The number of aryl methyl sites for hydroxylation is 1. The molecule has 0 amide bonds. The normalized spacial score (nSPS) is 30.2. The van der Waals surface area contributed by atoms with Gasteiger partial charge in [-0.15, -0.1) is 0 Å². The summed E-state index contributed by atoms with van der Waals surface area (Å²) < 4.78 is 0. The molecule has 0 aliphatic heterocycles. The van der Waals surface area contributed by atoms with Crippen LogP contribution in [-0.2, 0) is 0 Å². The second-order valence-electron chi connectivity index (χ2n) is 6.83. The van der Waals surface area contributed by atoms with Crippen molar-refractivity contribution in [3.63, 3.8) is 0 Å². The van der Waals surface area contributed by atoms with Crippen LogP contribution in [-0.4, -0.2) is 26.7 Å². The Hall–Kier alpha value is -1.02. The van der Waals surface area contributed by atoms with Gasteiger partial charge in [-0.05, 0) is 62.3 Å². The number of benzene rings is 1. The van der Waals surface area contributed by atoms with E-state index in [0.29, 0.717) is 6.04 Å². The van der Waals surface area contributed by atoms with Gasteiger partial charge in [0.1, 0.15) is 0 Å². The van der Waals surface area contributed by atoms with E-state index in [2.05, 4.69) is 69.3 Å². The van der Waals surface area contributed by atoms with Gasteiger partial charge in [0.05, 0.1) is 0 Å². The predicted molar refractivity (Wildman–Crippen MR) is 88.3 cm³/mol. The van der Waals surface area contributed by atoms with E-state index >= 15 is 0 Å². The summed E-state index contributed by atoms with van der Waals surface area (Å²) >= 11 is 0. The van der Waals surface area contributed by atoms with Gasteiger partial charge in [-0.2, -0.15) is 0 Å². The van der Waals surface area contributed by atoms with Gasteiger partial charge in [0.25, 0.3) is 0 Å². The standard InChI is InChI=1S/C18H30N2/c1-13-7-6-8-16(10-13)20(5)12-17-15(3)9-14(2)11-18(17)19-4/h6-8,10,14-15,17-19H,9,11-12H2,1-5H3. The van der Waals surface area contributed by atoms with Crippen LogP contribution >= 0.6 is 0 Å². The van der Waals surface area contributed by atoms with Gasteiger partial charge >= 0.3 is 0 Å². The van der Waals surface area contributed by atoms with Crippen molar-refractivity contribution in [2.45, 2.75) is 39.7 Å². The number of nitrogens with one attached hydrogen (secondary N) is 1. The lowest BCUT2D eigenvalue weighted by molar-refractivity contribution is 0.158. The zero-order valence-corrected chi connectivity index (χ0v) is 13.7. The Morgan fingerprint density at radius 1 is 1.25 bits per heavy atom. The van der Waals surface area contributed by atoms with E-state index in [1.807, 2.05) is 0 Å². The highest BCUT2D eigenvalue weighted by Crippen LogP contribution is 2.34. The van der Waals surface area contributed by atoms with Crippen molar-refractivity contribution in [3.05, 3.63) is 29.8 Å². The number of hydrogen-bond donors (Lipinski definition) is 1. The van der Waals surface area contributed by atoms with Crippen LogP contribution in [0.2, 0.25) is 0 Å². The molecule has 1 aliphatic carbocycles. The first-order valence-electron chi connectivity index (χ1n) is 7.96. The van der Waals surface area contributed by atoms with Crippen molar-refractivity contribution in [1.29, 1.82) is 0 Å². The topological polar surface area (TPSA) is 15.3 Å². The molecule has 0 bridgehead atoms. The molecule has 1 aliphatic rings. The molecule has 1 aromatic carbocycles. The Morgan fingerprint density at radius 3 is 2.65 bits per heavy atom. The zero-order chi connectivity index (χ0) is 14.7. The van der Waals surface area contributed by atoms with Crippen molar-refractivity contribution < 1.29 is 0 Å². The minimum absolute atomic E-state index is 0.654. The van der Waals surface area contributed by atoms with Crippen LogP contribution in [0, 0.1) is 24.7 Å². The Labute approximate surface area is 124 Å². The van der Waals surface area contributed by atoms with E-state index in [4.69, 9.17) is 0 Å². The molecule has 1 fully saturated rings. The summed E-state index contributed by atoms with van der Waals surface area (Å²) in [6, 6.07) is 9.48. The summed E-state index contributed by atoms with van der Waals surface area (Å²) in [5.74, 6) is 2.38. The maximum atomic E-state index is 3.56. The molecule has 0 spiro atoms. The third-order valence-electron chi connectivity index (χ3n) is 4.98. The first kappa shape index (κ1) is 15.4. The van der Waals surface area contributed by atoms with Gasteiger partial charge in [-0.25, -0.2) is 0 Å². The fourth-order valence-electron chi connectivity index (χ4n) is 3.84. The van der Waals surface area contributed by atoms with Crippen LogP contribution in [0.5, 0.6) is 0 Å². The molecule has 112 valence electrons. The Balaban J connectivity index is 2.07. The number of nitrogens with zero attached hydrogens (tertiary/aromatic N) is 1. The lowest BCUT2D eigenvalue weighted by atomic mass is 9.72. The summed E-state index contributed by atoms with van der Waals surface area (Å²) in [6.07, 6.45) is 2.68. The second-order valence-corrected chi connectivity index (χ2v) is 6.83. The van der Waals surface area contributed by atoms with E-state index in [-0.39, 0.29) is 0 Å². The largest absolute Gasteiger partial charge is 0.374 e. The number of rotatable bonds is 4. The molecule has 4 atom stereocenters. The van der Waals surface area contributed by atoms with E-state index in [1.165, 1.54) is 24.1 Å². The molecule has 1 N–H and O–H groups in total. The van der Waals surface area contributed by atoms with E-state index in [1.54, 1.807) is 0 Å². The molecule has 0 radical (unpaired) electrons. The van der Waals surface area contributed by atoms with Crippen molar-refractivity contribution in [2.24, 2.45) is 17.8 Å². The molecular weight excluding hydrogens is 244 g/mol. The molecular formula is C18H30N2. The van der Waals surface area contributed by atoms with E-state index in [0.717, 1.165) is 24.3 Å². The van der Waals surface area contributed by atoms with E-state index < -0.39 is 0 Å². The van der Waals surface area contributed by atoms with E-state index in [9.17, 15) is 0 Å². The van der Waals surface area contributed by atoms with Gasteiger partial charge in [0.2, 0.25) is 0 Å². The maximum absolute atomic E-state index is 3.56. The molecule has 4 unspecified atom stereocenters. The Morgan fingerprint density at radius 2 is 2.00 bits per heavy atom. The fraction of sp³-hybridized carbons (Fsp3) is 0.667. The first-order chi connectivity index (χ1) is 9.51. The van der Waals surface area contributed by atoms with Crippen molar-refractivity contribution >= 4 is 5.69 Å². The van der Waals surface area contributed by atoms with Gasteiger partial charge < -0.3 is 10.2 Å². The molecule has 0 aromatic heterocycles. The van der Waals surface area contributed by atoms with Crippen LogP contribution in [0.3, 0.4) is 0 Å². The van der Waals surface area contributed by atoms with Crippen LogP contribution in [0.25, 0.3) is 0 Å². The molecule has 2 rings (SSSR count). The number of hydrogen-bond acceptors (Lipinski definition) is 2. The predicted octanol–water partition coefficient (Wildman–Crippen LogP) is 3.70. The summed E-state index contributed by atoms with van der Waals surface area (Å²) in [6.45, 7) is 8.12. The van der Waals surface area contributed by atoms with Crippen LogP contribution in [0.15, 0.2) is 24.3 Å². The Kier molecular flexibility index (Phi) is 5.09. The summed E-state index contributed by atoms with van der Waals surface area (Å²) in [5, 5.41) is 3.56. The van der Waals surface area contributed by atoms with Crippen LogP contribution in [0.4, 0.5) is 5.69 Å². The quantitative estimate of drug-likeness (QED) is 0.900. The third-order valence-corrected chi connectivity index (χ3v) is 4.98. The molecule has 1 aromatic rings. The summed E-state index contributed by atoms with van der Waals surface area (Å²) in [5.41, 5.74) is 2.68. The SMILES string of the molecule is CNC1CC(C)CC(C)C1CN(C)c1cccc(C)c1. The maximum Gasteiger partial charge on any atom is 0.0366 e. The minimum Gasteiger partial charge on any atom is -0.374 e. The van der Waals surface area contributed by atoms with Crippen molar-refractivity contribution in [2.75, 3.05) is 25.5 Å². The smallest absolute Gasteiger partial charge is 0.0366 e. The highest BCUT2D eigenvalue weighted by Gasteiger charge is 2.33. The summed E-state index contributed by atoms with van der Waals surface area (Å²) in [4.78, 5) is 2.43.